The number of benzene rings is 1. The van der Waals surface area contributed by atoms with Gasteiger partial charge >= 0.3 is 0 Å². The molecule has 4 heterocycles. The lowest BCUT2D eigenvalue weighted by Gasteiger charge is -2.20. The fourth-order valence-corrected chi connectivity index (χ4v) is 4.82. The average molecular weight is 467 g/mol. The first kappa shape index (κ1) is 21.2. The molecule has 9 heteroatoms. The highest BCUT2D eigenvalue weighted by Gasteiger charge is 2.42. The third kappa shape index (κ3) is 3.62. The topological polar surface area (TPSA) is 78.0 Å². The van der Waals surface area contributed by atoms with E-state index in [4.69, 9.17) is 38.8 Å². The Hall–Kier alpha value is -1.99. The molecule has 3 aromatic rings. The zero-order valence-corrected chi connectivity index (χ0v) is 18.5. The van der Waals surface area contributed by atoms with Crippen LogP contribution in [-0.4, -0.2) is 27.9 Å². The predicted octanol–water partition coefficient (Wildman–Crippen LogP) is 4.47. The molecule has 5 rings (SSSR count). The van der Waals surface area contributed by atoms with Crippen molar-refractivity contribution in [2.24, 2.45) is 0 Å². The SMILES string of the molecule is Cl.Nc1ncc(-c2cc3n(n2)CC[C@@]32CCNC2)cc1OCc1c(Cl)cccc1Cl. The first-order chi connectivity index (χ1) is 14.1. The average Bonchev–Trinajstić information content (AvgIpc) is 3.42. The van der Waals surface area contributed by atoms with Gasteiger partial charge in [-0.3, -0.25) is 4.68 Å². The third-order valence-electron chi connectivity index (χ3n) is 5.98. The second-order valence-corrected chi connectivity index (χ2v) is 8.51. The van der Waals surface area contributed by atoms with E-state index >= 15 is 0 Å². The van der Waals surface area contributed by atoms with Crippen LogP contribution in [0, 0.1) is 0 Å². The van der Waals surface area contributed by atoms with Crippen molar-refractivity contribution in [1.82, 2.24) is 20.1 Å². The van der Waals surface area contributed by atoms with Crippen LogP contribution in [0.15, 0.2) is 36.5 Å². The van der Waals surface area contributed by atoms with Gasteiger partial charge in [-0.25, -0.2) is 4.98 Å². The summed E-state index contributed by atoms with van der Waals surface area (Å²) in [6, 6.07) is 9.43. The first-order valence-electron chi connectivity index (χ1n) is 9.66. The van der Waals surface area contributed by atoms with Gasteiger partial charge in [-0.1, -0.05) is 29.3 Å². The number of rotatable bonds is 4. The molecule has 1 spiro atoms. The van der Waals surface area contributed by atoms with E-state index in [0.717, 1.165) is 49.3 Å². The highest BCUT2D eigenvalue weighted by atomic mass is 35.5. The number of nitrogens with zero attached hydrogens (tertiary/aromatic N) is 3. The summed E-state index contributed by atoms with van der Waals surface area (Å²) >= 11 is 12.5. The van der Waals surface area contributed by atoms with Gasteiger partial charge in [0.05, 0.1) is 5.69 Å². The standard InChI is InChI=1S/C21H21Cl2N5O.ClH/c22-15-2-1-3-16(23)14(15)11-29-18-8-13(10-26-20(18)24)17-9-19-21(4-6-25-12-21)5-7-28(19)27-17;/h1-3,8-10,25H,4-7,11-12H2,(H2,24,26);1H/t21-;/m1./s1. The summed E-state index contributed by atoms with van der Waals surface area (Å²) in [5.41, 5.74) is 10.0. The Kier molecular flexibility index (Phi) is 5.86. The monoisotopic (exact) mass is 465 g/mol. The van der Waals surface area contributed by atoms with E-state index < -0.39 is 0 Å². The Labute approximate surface area is 191 Å². The minimum Gasteiger partial charge on any atom is -0.485 e. The van der Waals surface area contributed by atoms with Crippen LogP contribution in [0.3, 0.4) is 0 Å². The van der Waals surface area contributed by atoms with Crippen molar-refractivity contribution in [3.63, 3.8) is 0 Å². The number of hydrogen-bond donors (Lipinski definition) is 2. The molecule has 0 unspecified atom stereocenters. The molecule has 1 saturated heterocycles. The molecule has 1 aromatic carbocycles. The Bertz CT molecular complexity index is 1060. The normalized spacial score (nSPS) is 19.7. The minimum absolute atomic E-state index is 0. The number of hydrogen-bond acceptors (Lipinski definition) is 5. The number of ether oxygens (including phenoxy) is 1. The van der Waals surface area contributed by atoms with E-state index in [-0.39, 0.29) is 24.4 Å². The van der Waals surface area contributed by atoms with Gasteiger partial charge in [0.25, 0.3) is 0 Å². The molecule has 2 aliphatic heterocycles. The summed E-state index contributed by atoms with van der Waals surface area (Å²) in [7, 11) is 0. The molecule has 1 atom stereocenters. The second kappa shape index (κ2) is 8.27. The van der Waals surface area contributed by atoms with Gasteiger partial charge in [0.2, 0.25) is 0 Å². The van der Waals surface area contributed by atoms with Gasteiger partial charge in [0, 0.05) is 51.6 Å². The van der Waals surface area contributed by atoms with E-state index in [1.807, 2.05) is 6.07 Å². The highest BCUT2D eigenvalue weighted by Crippen LogP contribution is 2.41. The Balaban J connectivity index is 0.00000218. The van der Waals surface area contributed by atoms with Crippen molar-refractivity contribution in [1.29, 1.82) is 0 Å². The summed E-state index contributed by atoms with van der Waals surface area (Å²) in [6.07, 6.45) is 4.04. The molecule has 0 aliphatic carbocycles. The summed E-state index contributed by atoms with van der Waals surface area (Å²) in [4.78, 5) is 4.31. The predicted molar refractivity (Wildman–Crippen MR) is 122 cm³/mol. The number of fused-ring (bicyclic) bond motifs is 2. The molecule has 3 N–H and O–H groups in total. The Morgan fingerprint density at radius 2 is 2.00 bits per heavy atom. The maximum atomic E-state index is 6.24. The van der Waals surface area contributed by atoms with Crippen LogP contribution in [0.1, 0.15) is 24.1 Å². The van der Waals surface area contributed by atoms with Gasteiger partial charge < -0.3 is 15.8 Å². The summed E-state index contributed by atoms with van der Waals surface area (Å²) in [5.74, 6) is 0.809. The zero-order valence-electron chi connectivity index (χ0n) is 16.2. The lowest BCUT2D eigenvalue weighted by molar-refractivity contribution is 0.307. The van der Waals surface area contributed by atoms with Crippen molar-refractivity contribution in [2.75, 3.05) is 18.8 Å². The van der Waals surface area contributed by atoms with E-state index in [1.54, 1.807) is 24.4 Å². The minimum atomic E-state index is 0. The molecule has 6 nitrogen and oxygen atoms in total. The molecule has 2 aliphatic rings. The van der Waals surface area contributed by atoms with Gasteiger partial charge in [-0.05, 0) is 43.7 Å². The van der Waals surface area contributed by atoms with Gasteiger partial charge in [0.15, 0.2) is 11.6 Å². The van der Waals surface area contributed by atoms with Gasteiger partial charge in [-0.2, -0.15) is 5.10 Å². The number of aryl methyl sites for hydroxylation is 1. The lowest BCUT2D eigenvalue weighted by atomic mass is 9.82. The molecule has 0 bridgehead atoms. The fourth-order valence-electron chi connectivity index (χ4n) is 4.31. The van der Waals surface area contributed by atoms with Crippen LogP contribution in [-0.2, 0) is 18.6 Å². The molecule has 1 fully saturated rings. The number of nitrogens with one attached hydrogen (secondary N) is 1. The van der Waals surface area contributed by atoms with E-state index in [1.165, 1.54) is 5.69 Å². The summed E-state index contributed by atoms with van der Waals surface area (Å²) in [5, 5.41) is 9.41. The van der Waals surface area contributed by atoms with Crippen LogP contribution in [0.25, 0.3) is 11.3 Å². The number of halogens is 3. The molecule has 0 amide bonds. The van der Waals surface area contributed by atoms with Crippen LogP contribution in [0.2, 0.25) is 10.0 Å². The van der Waals surface area contributed by atoms with E-state index in [9.17, 15) is 0 Å². The molecule has 30 heavy (non-hydrogen) atoms. The van der Waals surface area contributed by atoms with Crippen molar-refractivity contribution >= 4 is 41.4 Å². The number of anilines is 1. The Morgan fingerprint density at radius 3 is 2.73 bits per heavy atom. The molecular formula is C21H22Cl3N5O. The van der Waals surface area contributed by atoms with Crippen LogP contribution < -0.4 is 15.8 Å². The van der Waals surface area contributed by atoms with Crippen LogP contribution >= 0.6 is 35.6 Å². The molecule has 0 saturated carbocycles. The lowest BCUT2D eigenvalue weighted by Crippen LogP contribution is -2.25. The number of nitrogens with two attached hydrogens (primary N) is 1. The quantitative estimate of drug-likeness (QED) is 0.593. The largest absolute Gasteiger partial charge is 0.485 e. The first-order valence-corrected chi connectivity index (χ1v) is 10.4. The fraction of sp³-hybridized carbons (Fsp3) is 0.333. The smallest absolute Gasteiger partial charge is 0.166 e. The summed E-state index contributed by atoms with van der Waals surface area (Å²) < 4.78 is 8.04. The zero-order chi connectivity index (χ0) is 20.0. The van der Waals surface area contributed by atoms with Gasteiger partial charge in [-0.15, -0.1) is 12.4 Å². The highest BCUT2D eigenvalue weighted by molar-refractivity contribution is 6.35. The Morgan fingerprint density at radius 1 is 1.20 bits per heavy atom. The number of nitrogen functional groups attached to an aromatic ring is 1. The summed E-state index contributed by atoms with van der Waals surface area (Å²) in [6.45, 7) is 3.24. The second-order valence-electron chi connectivity index (χ2n) is 7.69. The molecule has 0 radical (unpaired) electrons. The van der Waals surface area contributed by atoms with Crippen molar-refractivity contribution in [2.45, 2.75) is 31.4 Å². The van der Waals surface area contributed by atoms with E-state index in [0.29, 0.717) is 21.6 Å². The van der Waals surface area contributed by atoms with E-state index in [2.05, 4.69) is 21.0 Å². The maximum absolute atomic E-state index is 6.24. The number of pyridine rings is 1. The van der Waals surface area contributed by atoms with Crippen LogP contribution in [0.4, 0.5) is 5.82 Å². The van der Waals surface area contributed by atoms with Crippen molar-refractivity contribution in [3.8, 4) is 17.0 Å². The van der Waals surface area contributed by atoms with Crippen molar-refractivity contribution in [3.05, 3.63) is 57.8 Å². The molecular weight excluding hydrogens is 445 g/mol. The molecule has 158 valence electrons. The van der Waals surface area contributed by atoms with Gasteiger partial charge in [0.1, 0.15) is 6.61 Å². The molecule has 2 aromatic heterocycles. The van der Waals surface area contributed by atoms with Crippen molar-refractivity contribution < 1.29 is 4.74 Å². The third-order valence-corrected chi connectivity index (χ3v) is 6.69. The van der Waals surface area contributed by atoms with Crippen LogP contribution in [0.5, 0.6) is 5.75 Å². The number of aromatic nitrogens is 3. The maximum Gasteiger partial charge on any atom is 0.166 e.